The molecule has 5 heteroatoms. The van der Waals surface area contributed by atoms with E-state index in [0.29, 0.717) is 31.2 Å². The lowest BCUT2D eigenvalue weighted by Gasteiger charge is -2.26. The first-order chi connectivity index (χ1) is 10.2. The van der Waals surface area contributed by atoms with Crippen LogP contribution in [0.15, 0.2) is 35.2 Å². The van der Waals surface area contributed by atoms with Gasteiger partial charge in [0.1, 0.15) is 0 Å². The average molecular weight is 303 g/mol. The first-order valence-electron chi connectivity index (χ1n) is 7.29. The number of sulfonamides is 1. The van der Waals surface area contributed by atoms with Gasteiger partial charge in [-0.05, 0) is 35.4 Å². The summed E-state index contributed by atoms with van der Waals surface area (Å²) in [6.45, 7) is 1.82. The molecule has 4 nitrogen and oxygen atoms in total. The second-order valence-electron chi connectivity index (χ2n) is 5.58. The van der Waals surface area contributed by atoms with Crippen molar-refractivity contribution >= 4 is 20.8 Å². The first kappa shape index (κ1) is 13.2. The van der Waals surface area contributed by atoms with Gasteiger partial charge < -0.3 is 4.74 Å². The molecule has 0 unspecified atom stereocenters. The summed E-state index contributed by atoms with van der Waals surface area (Å²) in [5.74, 6) is 0. The Labute approximate surface area is 124 Å². The Hall–Kier alpha value is -1.43. The van der Waals surface area contributed by atoms with Gasteiger partial charge in [-0.25, -0.2) is 8.42 Å². The van der Waals surface area contributed by atoms with Crippen LogP contribution >= 0.6 is 0 Å². The normalized spacial score (nSPS) is 19.2. The van der Waals surface area contributed by atoms with Gasteiger partial charge in [0.15, 0.2) is 0 Å². The molecule has 0 N–H and O–H groups in total. The van der Waals surface area contributed by atoms with E-state index in [0.717, 1.165) is 23.6 Å². The largest absolute Gasteiger partial charge is 0.379 e. The predicted molar refractivity (Wildman–Crippen MR) is 80.9 cm³/mol. The number of morpholine rings is 1. The van der Waals surface area contributed by atoms with Crippen LogP contribution in [0.25, 0.3) is 10.8 Å². The van der Waals surface area contributed by atoms with Crippen molar-refractivity contribution in [3.8, 4) is 0 Å². The van der Waals surface area contributed by atoms with Gasteiger partial charge in [0, 0.05) is 18.5 Å². The Morgan fingerprint density at radius 3 is 2.43 bits per heavy atom. The van der Waals surface area contributed by atoms with Gasteiger partial charge in [-0.1, -0.05) is 24.3 Å². The minimum atomic E-state index is -3.44. The van der Waals surface area contributed by atoms with Crippen LogP contribution in [0.5, 0.6) is 0 Å². The summed E-state index contributed by atoms with van der Waals surface area (Å²) in [5.41, 5.74) is 2.53. The minimum absolute atomic E-state index is 0.436. The number of aryl methyl sites for hydroxylation is 2. The highest BCUT2D eigenvalue weighted by molar-refractivity contribution is 7.89. The number of benzene rings is 2. The van der Waals surface area contributed by atoms with E-state index in [-0.39, 0.29) is 0 Å². The number of nitrogens with zero attached hydrogens (tertiary/aromatic N) is 1. The van der Waals surface area contributed by atoms with Gasteiger partial charge in [-0.2, -0.15) is 4.31 Å². The fourth-order valence-electron chi connectivity index (χ4n) is 3.37. The summed E-state index contributed by atoms with van der Waals surface area (Å²) in [5, 5.41) is 2.01. The Bertz CT molecular complexity index is 797. The zero-order valence-corrected chi connectivity index (χ0v) is 12.5. The molecule has 0 bridgehead atoms. The summed E-state index contributed by atoms with van der Waals surface area (Å²) in [4.78, 5) is 0.437. The zero-order chi connectivity index (χ0) is 14.4. The molecule has 0 aromatic heterocycles. The summed E-state index contributed by atoms with van der Waals surface area (Å²) in [6, 6.07) is 9.75. The van der Waals surface area contributed by atoms with Crippen molar-refractivity contribution in [1.29, 1.82) is 0 Å². The van der Waals surface area contributed by atoms with Crippen molar-refractivity contribution in [2.75, 3.05) is 26.3 Å². The molecule has 0 saturated carbocycles. The SMILES string of the molecule is O=S(=O)(c1ccc2c3c(cccc13)CC2)N1CCOCC1. The molecule has 1 saturated heterocycles. The van der Waals surface area contributed by atoms with Crippen molar-refractivity contribution in [2.45, 2.75) is 17.7 Å². The first-order valence-corrected chi connectivity index (χ1v) is 8.73. The molecule has 21 heavy (non-hydrogen) atoms. The van der Waals surface area contributed by atoms with Gasteiger partial charge in [0.25, 0.3) is 0 Å². The van der Waals surface area contributed by atoms with Gasteiger partial charge in [0.05, 0.1) is 18.1 Å². The van der Waals surface area contributed by atoms with Crippen molar-refractivity contribution < 1.29 is 13.2 Å². The standard InChI is InChI=1S/C16H17NO3S/c18-21(19,17-8-10-20-11-9-17)15-7-6-13-5-4-12-2-1-3-14(15)16(12)13/h1-3,6-7H,4-5,8-11H2. The quantitative estimate of drug-likeness (QED) is 0.852. The van der Waals surface area contributed by atoms with Crippen molar-refractivity contribution in [1.82, 2.24) is 4.31 Å². The lowest BCUT2D eigenvalue weighted by Crippen LogP contribution is -2.40. The fourth-order valence-corrected chi connectivity index (χ4v) is 4.97. The van der Waals surface area contributed by atoms with Crippen LogP contribution < -0.4 is 0 Å². The Morgan fingerprint density at radius 2 is 1.67 bits per heavy atom. The number of ether oxygens (including phenoxy) is 1. The molecule has 2 aromatic rings. The maximum atomic E-state index is 12.9. The third kappa shape index (κ3) is 1.99. The molecule has 110 valence electrons. The summed E-state index contributed by atoms with van der Waals surface area (Å²) in [7, 11) is -3.44. The van der Waals surface area contributed by atoms with E-state index in [1.807, 2.05) is 18.2 Å². The van der Waals surface area contributed by atoms with Crippen LogP contribution in [0.4, 0.5) is 0 Å². The average Bonchev–Trinajstić information content (AvgIpc) is 2.94. The molecule has 0 radical (unpaired) electrons. The van der Waals surface area contributed by atoms with E-state index in [4.69, 9.17) is 4.74 Å². The summed E-state index contributed by atoms with van der Waals surface area (Å²) in [6.07, 6.45) is 2.02. The Morgan fingerprint density at radius 1 is 0.952 bits per heavy atom. The highest BCUT2D eigenvalue weighted by Gasteiger charge is 2.29. The molecule has 0 atom stereocenters. The zero-order valence-electron chi connectivity index (χ0n) is 11.7. The molecule has 1 heterocycles. The molecule has 4 rings (SSSR count). The second-order valence-corrected chi connectivity index (χ2v) is 7.49. The molecule has 1 aliphatic carbocycles. The Balaban J connectivity index is 1.91. The van der Waals surface area contributed by atoms with Gasteiger partial charge in [-0.3, -0.25) is 0 Å². The molecule has 0 amide bonds. The van der Waals surface area contributed by atoms with Gasteiger partial charge >= 0.3 is 0 Å². The highest BCUT2D eigenvalue weighted by Crippen LogP contribution is 2.35. The number of rotatable bonds is 2. The molecule has 1 fully saturated rings. The molecule has 2 aromatic carbocycles. The van der Waals surface area contributed by atoms with Crippen LogP contribution in [-0.2, 0) is 27.6 Å². The smallest absolute Gasteiger partial charge is 0.243 e. The molecule has 1 aliphatic heterocycles. The maximum absolute atomic E-state index is 12.9. The topological polar surface area (TPSA) is 46.6 Å². The van der Waals surface area contributed by atoms with Crippen LogP contribution in [0.1, 0.15) is 11.1 Å². The van der Waals surface area contributed by atoms with Crippen molar-refractivity contribution in [2.24, 2.45) is 0 Å². The van der Waals surface area contributed by atoms with E-state index in [9.17, 15) is 8.42 Å². The number of hydrogen-bond acceptors (Lipinski definition) is 3. The van der Waals surface area contributed by atoms with Crippen LogP contribution in [0.2, 0.25) is 0 Å². The van der Waals surface area contributed by atoms with Crippen LogP contribution in [0, 0.1) is 0 Å². The third-order valence-electron chi connectivity index (χ3n) is 4.42. The molecule has 0 spiro atoms. The van der Waals surface area contributed by atoms with Gasteiger partial charge in [0.2, 0.25) is 10.0 Å². The van der Waals surface area contributed by atoms with Crippen molar-refractivity contribution in [3.63, 3.8) is 0 Å². The monoisotopic (exact) mass is 303 g/mol. The second kappa shape index (κ2) is 4.80. The number of hydrogen-bond donors (Lipinski definition) is 0. The Kier molecular flexibility index (Phi) is 3.03. The van der Waals surface area contributed by atoms with E-state index >= 15 is 0 Å². The summed E-state index contributed by atoms with van der Waals surface area (Å²) >= 11 is 0. The lowest BCUT2D eigenvalue weighted by atomic mass is 10.1. The van der Waals surface area contributed by atoms with E-state index in [1.54, 1.807) is 6.07 Å². The molecular formula is C16H17NO3S. The summed E-state index contributed by atoms with van der Waals surface area (Å²) < 4.78 is 32.6. The van der Waals surface area contributed by atoms with Crippen LogP contribution in [0.3, 0.4) is 0 Å². The maximum Gasteiger partial charge on any atom is 0.243 e. The highest BCUT2D eigenvalue weighted by atomic mass is 32.2. The van der Waals surface area contributed by atoms with Crippen molar-refractivity contribution in [3.05, 3.63) is 41.5 Å². The molecule has 2 aliphatic rings. The van der Waals surface area contributed by atoms with E-state index in [2.05, 4.69) is 6.07 Å². The van der Waals surface area contributed by atoms with E-state index in [1.165, 1.54) is 15.4 Å². The van der Waals surface area contributed by atoms with E-state index < -0.39 is 10.0 Å². The molecular weight excluding hydrogens is 286 g/mol. The predicted octanol–water partition coefficient (Wildman–Crippen LogP) is 1.96. The van der Waals surface area contributed by atoms with Gasteiger partial charge in [-0.15, -0.1) is 0 Å². The minimum Gasteiger partial charge on any atom is -0.379 e. The fraction of sp³-hybridized carbons (Fsp3) is 0.375. The van der Waals surface area contributed by atoms with Crippen LogP contribution in [-0.4, -0.2) is 39.0 Å². The third-order valence-corrected chi connectivity index (χ3v) is 6.38. The lowest BCUT2D eigenvalue weighted by molar-refractivity contribution is 0.0730.